The average molecular weight is 216 g/mol. The number of nitrogens with two attached hydrogens (primary N) is 1. The van der Waals surface area contributed by atoms with E-state index in [-0.39, 0.29) is 6.54 Å². The standard InChI is InChI=1S/C8H16N4OS/c1-8(13,5-9)3-4-14-7-10-6-11-12(7)2/h6,13H,3-5,9H2,1-2H3. The van der Waals surface area contributed by atoms with Gasteiger partial charge in [0.15, 0.2) is 5.16 Å². The Labute approximate surface area is 87.7 Å². The van der Waals surface area contributed by atoms with Gasteiger partial charge in [0.05, 0.1) is 5.60 Å². The molecular weight excluding hydrogens is 200 g/mol. The van der Waals surface area contributed by atoms with Crippen LogP contribution < -0.4 is 5.73 Å². The smallest absolute Gasteiger partial charge is 0.185 e. The van der Waals surface area contributed by atoms with Crippen molar-refractivity contribution in [3.63, 3.8) is 0 Å². The van der Waals surface area contributed by atoms with E-state index in [1.165, 1.54) is 6.33 Å². The van der Waals surface area contributed by atoms with Crippen molar-refractivity contribution < 1.29 is 5.11 Å². The van der Waals surface area contributed by atoms with Gasteiger partial charge in [0.1, 0.15) is 6.33 Å². The first-order chi connectivity index (χ1) is 6.55. The third-order valence-electron chi connectivity index (χ3n) is 1.98. The van der Waals surface area contributed by atoms with Gasteiger partial charge < -0.3 is 10.8 Å². The van der Waals surface area contributed by atoms with Crippen molar-refractivity contribution in [3.05, 3.63) is 6.33 Å². The van der Waals surface area contributed by atoms with Crippen molar-refractivity contribution >= 4 is 11.8 Å². The number of aliphatic hydroxyl groups is 1. The molecule has 1 unspecified atom stereocenters. The van der Waals surface area contributed by atoms with Crippen molar-refractivity contribution in [2.45, 2.75) is 24.1 Å². The van der Waals surface area contributed by atoms with Gasteiger partial charge in [0.2, 0.25) is 0 Å². The minimum absolute atomic E-state index is 0.284. The van der Waals surface area contributed by atoms with E-state index in [9.17, 15) is 5.11 Å². The molecule has 6 heteroatoms. The predicted molar refractivity (Wildman–Crippen MR) is 56.0 cm³/mol. The Kier molecular flexibility index (Phi) is 3.91. The van der Waals surface area contributed by atoms with Gasteiger partial charge in [0.25, 0.3) is 0 Å². The van der Waals surface area contributed by atoms with Gasteiger partial charge in [-0.2, -0.15) is 5.10 Å². The number of nitrogens with zero attached hydrogens (tertiary/aromatic N) is 3. The van der Waals surface area contributed by atoms with Gasteiger partial charge >= 0.3 is 0 Å². The summed E-state index contributed by atoms with van der Waals surface area (Å²) in [4.78, 5) is 4.06. The molecule has 0 spiro atoms. The summed E-state index contributed by atoms with van der Waals surface area (Å²) >= 11 is 1.57. The van der Waals surface area contributed by atoms with Crippen LogP contribution in [0.1, 0.15) is 13.3 Å². The molecule has 0 aliphatic carbocycles. The van der Waals surface area contributed by atoms with Crippen molar-refractivity contribution in [1.82, 2.24) is 14.8 Å². The number of rotatable bonds is 5. The fourth-order valence-corrected chi connectivity index (χ4v) is 1.96. The monoisotopic (exact) mass is 216 g/mol. The Balaban J connectivity index is 2.32. The van der Waals surface area contributed by atoms with E-state index < -0.39 is 5.60 Å². The van der Waals surface area contributed by atoms with E-state index in [0.29, 0.717) is 6.42 Å². The summed E-state index contributed by atoms with van der Waals surface area (Å²) < 4.78 is 1.71. The van der Waals surface area contributed by atoms with E-state index >= 15 is 0 Å². The molecule has 1 rings (SSSR count). The summed E-state index contributed by atoms with van der Waals surface area (Å²) in [6, 6.07) is 0. The highest BCUT2D eigenvalue weighted by Crippen LogP contribution is 2.18. The zero-order valence-corrected chi connectivity index (χ0v) is 9.29. The second-order valence-electron chi connectivity index (χ2n) is 3.47. The molecule has 0 aliphatic rings. The highest BCUT2D eigenvalue weighted by molar-refractivity contribution is 7.99. The summed E-state index contributed by atoms with van der Waals surface area (Å²) in [5.41, 5.74) is 4.63. The maximum atomic E-state index is 9.64. The molecule has 0 bridgehead atoms. The van der Waals surface area contributed by atoms with E-state index in [1.807, 2.05) is 7.05 Å². The van der Waals surface area contributed by atoms with Gasteiger partial charge in [-0.15, -0.1) is 0 Å². The number of hydrogen-bond donors (Lipinski definition) is 2. The Bertz CT molecular complexity index is 287. The van der Waals surface area contributed by atoms with Crippen molar-refractivity contribution in [3.8, 4) is 0 Å². The summed E-state index contributed by atoms with van der Waals surface area (Å²) in [6.45, 7) is 2.02. The molecule has 1 atom stereocenters. The Morgan fingerprint density at radius 3 is 2.93 bits per heavy atom. The molecule has 0 aromatic carbocycles. The molecule has 5 nitrogen and oxygen atoms in total. The summed E-state index contributed by atoms with van der Waals surface area (Å²) in [7, 11) is 1.84. The third kappa shape index (κ3) is 3.28. The first kappa shape index (κ1) is 11.5. The van der Waals surface area contributed by atoms with E-state index in [4.69, 9.17) is 5.73 Å². The highest BCUT2D eigenvalue weighted by Gasteiger charge is 2.17. The Morgan fingerprint density at radius 1 is 1.71 bits per heavy atom. The van der Waals surface area contributed by atoms with Crippen LogP contribution in [0.2, 0.25) is 0 Å². The third-order valence-corrected chi connectivity index (χ3v) is 3.02. The summed E-state index contributed by atoms with van der Waals surface area (Å²) in [5, 5.41) is 14.4. The molecule has 80 valence electrons. The van der Waals surface area contributed by atoms with Gasteiger partial charge in [-0.1, -0.05) is 11.8 Å². The van der Waals surface area contributed by atoms with Gasteiger partial charge in [-0.3, -0.25) is 0 Å². The summed E-state index contributed by atoms with van der Waals surface area (Å²) in [5.74, 6) is 0.788. The van der Waals surface area contributed by atoms with Crippen molar-refractivity contribution in [2.24, 2.45) is 12.8 Å². The van der Waals surface area contributed by atoms with Crippen molar-refractivity contribution in [2.75, 3.05) is 12.3 Å². The molecule has 0 aliphatic heterocycles. The van der Waals surface area contributed by atoms with Crippen LogP contribution >= 0.6 is 11.8 Å². The first-order valence-electron chi connectivity index (χ1n) is 4.44. The highest BCUT2D eigenvalue weighted by atomic mass is 32.2. The van der Waals surface area contributed by atoms with Gasteiger partial charge in [-0.05, 0) is 13.3 Å². The van der Waals surface area contributed by atoms with Gasteiger partial charge in [-0.25, -0.2) is 9.67 Å². The summed E-state index contributed by atoms with van der Waals surface area (Å²) in [6.07, 6.45) is 2.17. The number of hydrogen-bond acceptors (Lipinski definition) is 5. The van der Waals surface area contributed by atoms with E-state index in [2.05, 4.69) is 10.1 Å². The number of aryl methyl sites for hydroxylation is 1. The van der Waals surface area contributed by atoms with E-state index in [0.717, 1.165) is 10.9 Å². The zero-order chi connectivity index (χ0) is 10.6. The molecule has 1 aromatic rings. The van der Waals surface area contributed by atoms with Gasteiger partial charge in [0, 0.05) is 19.3 Å². The minimum atomic E-state index is -0.772. The second kappa shape index (κ2) is 4.77. The van der Waals surface area contributed by atoms with Crippen LogP contribution in [0.4, 0.5) is 0 Å². The lowest BCUT2D eigenvalue weighted by Gasteiger charge is -2.19. The fraction of sp³-hybridized carbons (Fsp3) is 0.750. The number of thioether (sulfide) groups is 1. The maximum absolute atomic E-state index is 9.64. The molecule has 3 N–H and O–H groups in total. The molecule has 0 radical (unpaired) electrons. The Morgan fingerprint density at radius 2 is 2.43 bits per heavy atom. The molecular formula is C8H16N4OS. The lowest BCUT2D eigenvalue weighted by molar-refractivity contribution is 0.0665. The van der Waals surface area contributed by atoms with Crippen LogP contribution in [0.5, 0.6) is 0 Å². The lowest BCUT2D eigenvalue weighted by atomic mass is 10.1. The number of aromatic nitrogens is 3. The van der Waals surface area contributed by atoms with Crippen LogP contribution in [0.3, 0.4) is 0 Å². The maximum Gasteiger partial charge on any atom is 0.185 e. The van der Waals surface area contributed by atoms with Crippen LogP contribution in [-0.2, 0) is 7.05 Å². The first-order valence-corrected chi connectivity index (χ1v) is 5.43. The molecule has 0 fully saturated rings. The molecule has 1 heterocycles. The van der Waals surface area contributed by atoms with Crippen LogP contribution in [0, 0.1) is 0 Å². The quantitative estimate of drug-likeness (QED) is 0.678. The average Bonchev–Trinajstić information content (AvgIpc) is 2.52. The molecule has 1 aromatic heterocycles. The largest absolute Gasteiger partial charge is 0.389 e. The molecule has 0 saturated carbocycles. The molecule has 14 heavy (non-hydrogen) atoms. The topological polar surface area (TPSA) is 77.0 Å². The fourth-order valence-electron chi connectivity index (χ4n) is 0.881. The minimum Gasteiger partial charge on any atom is -0.389 e. The SMILES string of the molecule is Cn1ncnc1SCCC(C)(O)CN. The Hall–Kier alpha value is -0.590. The lowest BCUT2D eigenvalue weighted by Crippen LogP contribution is -2.34. The van der Waals surface area contributed by atoms with Crippen molar-refractivity contribution in [1.29, 1.82) is 0 Å². The van der Waals surface area contributed by atoms with Crippen LogP contribution in [-0.4, -0.2) is 37.8 Å². The predicted octanol–water partition coefficient (Wildman–Crippen LogP) is 0.00700. The van der Waals surface area contributed by atoms with Crippen LogP contribution in [0.15, 0.2) is 11.5 Å². The molecule has 0 saturated heterocycles. The van der Waals surface area contributed by atoms with E-state index in [1.54, 1.807) is 23.4 Å². The second-order valence-corrected chi connectivity index (χ2v) is 4.53. The zero-order valence-electron chi connectivity index (χ0n) is 8.47. The normalized spacial score (nSPS) is 15.4. The molecule has 0 amide bonds. The van der Waals surface area contributed by atoms with Crippen LogP contribution in [0.25, 0.3) is 0 Å².